The lowest BCUT2D eigenvalue weighted by molar-refractivity contribution is -0.115. The molecule has 1 saturated carbocycles. The second-order valence-electron chi connectivity index (χ2n) is 7.48. The van der Waals surface area contributed by atoms with Crippen LogP contribution >= 0.6 is 0 Å². The lowest BCUT2D eigenvalue weighted by Gasteiger charge is -2.10. The van der Waals surface area contributed by atoms with Crippen molar-refractivity contribution < 1.29 is 14.0 Å². The molecule has 0 bridgehead atoms. The monoisotopic (exact) mass is 415 g/mol. The maximum absolute atomic E-state index is 13.3. The van der Waals surface area contributed by atoms with E-state index in [1.165, 1.54) is 12.1 Å². The SMILES string of the molecule is Nc1ccccc1NC(=O)c1ccc(/C=C(/C(=O)NC2CC2)c2ccc(F)cc2)cc1. The van der Waals surface area contributed by atoms with Crippen LogP contribution in [0.3, 0.4) is 0 Å². The average molecular weight is 415 g/mol. The molecule has 1 fully saturated rings. The van der Waals surface area contributed by atoms with Crippen LogP contribution in [-0.4, -0.2) is 17.9 Å². The van der Waals surface area contributed by atoms with E-state index in [2.05, 4.69) is 10.6 Å². The van der Waals surface area contributed by atoms with Gasteiger partial charge in [0.15, 0.2) is 0 Å². The summed E-state index contributed by atoms with van der Waals surface area (Å²) in [6.45, 7) is 0. The lowest BCUT2D eigenvalue weighted by Crippen LogP contribution is -2.26. The van der Waals surface area contributed by atoms with Gasteiger partial charge in [0.05, 0.1) is 11.4 Å². The van der Waals surface area contributed by atoms with E-state index in [-0.39, 0.29) is 23.7 Å². The number of para-hydroxylation sites is 2. The van der Waals surface area contributed by atoms with Crippen molar-refractivity contribution in [3.63, 3.8) is 0 Å². The second-order valence-corrected chi connectivity index (χ2v) is 7.48. The summed E-state index contributed by atoms with van der Waals surface area (Å²) in [6, 6.07) is 20.0. The Balaban J connectivity index is 1.56. The van der Waals surface area contributed by atoms with Crippen molar-refractivity contribution in [3.05, 3.63) is 95.3 Å². The summed E-state index contributed by atoms with van der Waals surface area (Å²) >= 11 is 0. The number of carbonyl (C=O) groups is 2. The number of anilines is 2. The fourth-order valence-corrected chi connectivity index (χ4v) is 3.10. The number of nitrogens with two attached hydrogens (primary N) is 1. The minimum absolute atomic E-state index is 0.199. The summed E-state index contributed by atoms with van der Waals surface area (Å²) in [4.78, 5) is 25.3. The highest BCUT2D eigenvalue weighted by molar-refractivity contribution is 6.24. The highest BCUT2D eigenvalue weighted by Gasteiger charge is 2.25. The molecule has 3 aromatic rings. The van der Waals surface area contributed by atoms with Crippen LogP contribution in [0.2, 0.25) is 0 Å². The van der Waals surface area contributed by atoms with E-state index in [0.29, 0.717) is 28.1 Å². The Kier molecular flexibility index (Phi) is 5.80. The molecule has 3 aromatic carbocycles. The van der Waals surface area contributed by atoms with Crippen molar-refractivity contribution in [2.75, 3.05) is 11.1 Å². The number of halogens is 1. The number of hydrogen-bond acceptors (Lipinski definition) is 3. The molecule has 4 N–H and O–H groups in total. The molecule has 2 amide bonds. The van der Waals surface area contributed by atoms with Crippen LogP contribution in [0.15, 0.2) is 72.8 Å². The van der Waals surface area contributed by atoms with Crippen molar-refractivity contribution in [2.45, 2.75) is 18.9 Å². The number of nitrogen functional groups attached to an aromatic ring is 1. The molecule has 0 spiro atoms. The molecule has 0 atom stereocenters. The van der Waals surface area contributed by atoms with Crippen molar-refractivity contribution >= 4 is 34.8 Å². The Hall–Kier alpha value is -3.93. The summed E-state index contributed by atoms with van der Waals surface area (Å²) in [5, 5.41) is 5.76. The molecule has 0 saturated heterocycles. The molecule has 0 heterocycles. The molecule has 1 aliphatic rings. The van der Waals surface area contributed by atoms with Gasteiger partial charge < -0.3 is 16.4 Å². The van der Waals surface area contributed by atoms with Gasteiger partial charge in [0, 0.05) is 17.2 Å². The van der Waals surface area contributed by atoms with Gasteiger partial charge in [0.1, 0.15) is 5.82 Å². The minimum Gasteiger partial charge on any atom is -0.397 e. The topological polar surface area (TPSA) is 84.2 Å². The van der Waals surface area contributed by atoms with E-state index in [4.69, 9.17) is 5.73 Å². The van der Waals surface area contributed by atoms with E-state index in [1.54, 1.807) is 66.7 Å². The van der Waals surface area contributed by atoms with Crippen LogP contribution in [-0.2, 0) is 4.79 Å². The van der Waals surface area contributed by atoms with Crippen molar-refractivity contribution in [3.8, 4) is 0 Å². The largest absolute Gasteiger partial charge is 0.397 e. The maximum atomic E-state index is 13.3. The van der Waals surface area contributed by atoms with Gasteiger partial charge in [-0.25, -0.2) is 4.39 Å². The summed E-state index contributed by atoms with van der Waals surface area (Å²) in [7, 11) is 0. The van der Waals surface area contributed by atoms with E-state index < -0.39 is 0 Å². The quantitative estimate of drug-likeness (QED) is 0.315. The average Bonchev–Trinajstić information content (AvgIpc) is 3.59. The number of hydrogen-bond donors (Lipinski definition) is 3. The molecular formula is C25H22FN3O2. The zero-order chi connectivity index (χ0) is 21.8. The molecule has 31 heavy (non-hydrogen) atoms. The Bertz CT molecular complexity index is 1130. The zero-order valence-corrected chi connectivity index (χ0v) is 16.8. The minimum atomic E-state index is -0.361. The van der Waals surface area contributed by atoms with E-state index in [1.807, 2.05) is 0 Å². The number of benzene rings is 3. The molecule has 0 aromatic heterocycles. The normalized spacial score (nSPS) is 13.5. The fraction of sp³-hybridized carbons (Fsp3) is 0.120. The maximum Gasteiger partial charge on any atom is 0.255 e. The smallest absolute Gasteiger partial charge is 0.255 e. The molecule has 0 radical (unpaired) electrons. The summed E-state index contributed by atoms with van der Waals surface area (Å²) in [5.74, 6) is -0.839. The Morgan fingerprint density at radius 3 is 2.19 bits per heavy atom. The van der Waals surface area contributed by atoms with E-state index >= 15 is 0 Å². The number of carbonyl (C=O) groups excluding carboxylic acids is 2. The van der Waals surface area contributed by atoms with Gasteiger partial charge in [-0.2, -0.15) is 0 Å². The zero-order valence-electron chi connectivity index (χ0n) is 16.8. The summed E-state index contributed by atoms with van der Waals surface area (Å²) < 4.78 is 13.3. The third kappa shape index (κ3) is 5.17. The number of amides is 2. The Morgan fingerprint density at radius 1 is 0.903 bits per heavy atom. The lowest BCUT2D eigenvalue weighted by atomic mass is 10.0. The van der Waals surface area contributed by atoms with Crippen molar-refractivity contribution in [1.29, 1.82) is 0 Å². The highest BCUT2D eigenvalue weighted by Crippen LogP contribution is 2.24. The number of nitrogens with one attached hydrogen (secondary N) is 2. The van der Waals surface area contributed by atoms with Crippen LogP contribution < -0.4 is 16.4 Å². The van der Waals surface area contributed by atoms with Crippen LogP contribution in [0.4, 0.5) is 15.8 Å². The second kappa shape index (κ2) is 8.83. The predicted molar refractivity (Wildman–Crippen MR) is 121 cm³/mol. The molecule has 156 valence electrons. The van der Waals surface area contributed by atoms with Crippen molar-refractivity contribution in [1.82, 2.24) is 5.32 Å². The van der Waals surface area contributed by atoms with Gasteiger partial charge in [-0.05, 0) is 66.4 Å². The molecule has 6 heteroatoms. The highest BCUT2D eigenvalue weighted by atomic mass is 19.1. The van der Waals surface area contributed by atoms with Gasteiger partial charge >= 0.3 is 0 Å². The van der Waals surface area contributed by atoms with Crippen LogP contribution in [0.5, 0.6) is 0 Å². The van der Waals surface area contributed by atoms with Gasteiger partial charge in [0.25, 0.3) is 11.8 Å². The molecule has 0 unspecified atom stereocenters. The third-order valence-corrected chi connectivity index (χ3v) is 5.01. The number of rotatable bonds is 6. The van der Waals surface area contributed by atoms with Gasteiger partial charge in [0.2, 0.25) is 0 Å². The van der Waals surface area contributed by atoms with Crippen molar-refractivity contribution in [2.24, 2.45) is 0 Å². The fourth-order valence-electron chi connectivity index (χ4n) is 3.10. The third-order valence-electron chi connectivity index (χ3n) is 5.01. The first kappa shape index (κ1) is 20.3. The first-order valence-electron chi connectivity index (χ1n) is 10.0. The molecular weight excluding hydrogens is 393 g/mol. The van der Waals surface area contributed by atoms with Crippen LogP contribution in [0.25, 0.3) is 11.6 Å². The first-order chi connectivity index (χ1) is 15.0. The first-order valence-corrected chi connectivity index (χ1v) is 10.0. The summed E-state index contributed by atoms with van der Waals surface area (Å²) in [5.41, 5.74) is 9.20. The van der Waals surface area contributed by atoms with Crippen LogP contribution in [0, 0.1) is 5.82 Å². The van der Waals surface area contributed by atoms with Crippen LogP contribution in [0.1, 0.15) is 34.3 Å². The Morgan fingerprint density at radius 2 is 1.55 bits per heavy atom. The molecule has 4 rings (SSSR count). The molecule has 5 nitrogen and oxygen atoms in total. The Labute approximate surface area is 179 Å². The van der Waals surface area contributed by atoms with Gasteiger partial charge in [-0.3, -0.25) is 9.59 Å². The summed E-state index contributed by atoms with van der Waals surface area (Å²) in [6.07, 6.45) is 3.68. The van der Waals surface area contributed by atoms with Gasteiger partial charge in [-0.1, -0.05) is 36.4 Å². The van der Waals surface area contributed by atoms with E-state index in [0.717, 1.165) is 18.4 Å². The molecule has 0 aliphatic heterocycles. The van der Waals surface area contributed by atoms with Gasteiger partial charge in [-0.15, -0.1) is 0 Å². The van der Waals surface area contributed by atoms with E-state index in [9.17, 15) is 14.0 Å². The standard InChI is InChI=1S/C25H22FN3O2/c26-19-11-9-17(10-12-19)21(25(31)28-20-13-14-20)15-16-5-7-18(8-6-16)24(30)29-23-4-2-1-3-22(23)27/h1-12,15,20H,13-14,27H2,(H,28,31)(H,29,30)/b21-15+. The predicted octanol–water partition coefficient (Wildman–Crippen LogP) is 4.48. The molecule has 1 aliphatic carbocycles.